The maximum Gasteiger partial charge on any atom is 0.342 e. The minimum atomic E-state index is -0.660. The van der Waals surface area contributed by atoms with Gasteiger partial charge in [-0.25, -0.2) is 4.79 Å². The molecule has 0 radical (unpaired) electrons. The summed E-state index contributed by atoms with van der Waals surface area (Å²) in [4.78, 5) is 32.9. The van der Waals surface area contributed by atoms with Crippen molar-refractivity contribution in [2.75, 3.05) is 19.7 Å². The van der Waals surface area contributed by atoms with Gasteiger partial charge in [-0.3, -0.25) is 4.79 Å². The number of esters is 1. The number of carbonyl (C=O) groups excluding carboxylic acids is 2. The summed E-state index contributed by atoms with van der Waals surface area (Å²) < 4.78 is 5.62. The molecule has 8 heteroatoms. The average molecular weight is 499 g/mol. The maximum absolute atomic E-state index is 13.1. The van der Waals surface area contributed by atoms with Crippen LogP contribution in [-0.2, 0) is 27.2 Å². The Kier molecular flexibility index (Phi) is 9.96. The molecule has 0 saturated carbocycles. The number of allylic oxidation sites excluding steroid dienone is 3. The number of phenols is 2. The zero-order valence-corrected chi connectivity index (χ0v) is 21.5. The second-order valence-corrected chi connectivity index (χ2v) is 9.57. The van der Waals surface area contributed by atoms with Crippen LogP contribution in [0.15, 0.2) is 35.5 Å². The lowest BCUT2D eigenvalue weighted by Crippen LogP contribution is -2.37. The lowest BCUT2D eigenvalue weighted by Gasteiger charge is -2.26. The third-order valence-electron chi connectivity index (χ3n) is 6.56. The maximum atomic E-state index is 13.1. The summed E-state index contributed by atoms with van der Waals surface area (Å²) in [5.41, 5.74) is 1.44. The Bertz CT molecular complexity index is 1020. The molecule has 1 aromatic rings. The second-order valence-electron chi connectivity index (χ2n) is 9.57. The van der Waals surface area contributed by atoms with Gasteiger partial charge in [-0.15, -0.1) is 0 Å². The van der Waals surface area contributed by atoms with Gasteiger partial charge in [0.1, 0.15) is 23.2 Å². The summed E-state index contributed by atoms with van der Waals surface area (Å²) in [5, 5.41) is 25.4. The monoisotopic (exact) mass is 498 g/mol. The van der Waals surface area contributed by atoms with Gasteiger partial charge in [0.05, 0.1) is 5.71 Å². The molecule has 1 aromatic carbocycles. The summed E-state index contributed by atoms with van der Waals surface area (Å²) in [7, 11) is 0. The van der Waals surface area contributed by atoms with Crippen LogP contribution in [0.25, 0.3) is 0 Å². The molecule has 3 rings (SSSR count). The molecule has 8 nitrogen and oxygen atoms in total. The molecule has 0 bridgehead atoms. The molecule has 36 heavy (non-hydrogen) atoms. The van der Waals surface area contributed by atoms with Gasteiger partial charge < -0.3 is 24.7 Å². The van der Waals surface area contributed by atoms with Crippen LogP contribution < -0.4 is 0 Å². The van der Waals surface area contributed by atoms with Gasteiger partial charge in [-0.1, -0.05) is 37.2 Å². The molecule has 2 heterocycles. The number of hydrogen-bond acceptors (Lipinski definition) is 7. The number of likely N-dealkylation sites (tertiary alicyclic amines) is 1. The van der Waals surface area contributed by atoms with Crippen molar-refractivity contribution < 1.29 is 29.4 Å². The van der Waals surface area contributed by atoms with Crippen LogP contribution in [0, 0.1) is 5.92 Å². The minimum Gasteiger partial charge on any atom is -0.508 e. The number of benzene rings is 1. The first kappa shape index (κ1) is 27.3. The van der Waals surface area contributed by atoms with E-state index in [2.05, 4.69) is 18.2 Å². The topological polar surface area (TPSA) is 109 Å². The quantitative estimate of drug-likeness (QED) is 0.355. The van der Waals surface area contributed by atoms with E-state index >= 15 is 0 Å². The molecule has 0 aliphatic carbocycles. The summed E-state index contributed by atoms with van der Waals surface area (Å²) in [6.07, 6.45) is 12.4. The summed E-state index contributed by atoms with van der Waals surface area (Å²) >= 11 is 0. The van der Waals surface area contributed by atoms with Crippen molar-refractivity contribution in [3.05, 3.63) is 47.1 Å². The van der Waals surface area contributed by atoms with Crippen molar-refractivity contribution in [3.8, 4) is 11.5 Å². The SMILES string of the molecule is CCc1c(O)cc(O)c2c1CC(=NOCC(=O)N1CCCCC1)/C=C/C[C@H](C)/C=C/C[C@@H](C)OC2=O. The fraction of sp³-hybridized carbons (Fsp3) is 0.536. The van der Waals surface area contributed by atoms with E-state index in [0.29, 0.717) is 29.7 Å². The molecule has 1 saturated heterocycles. The first-order chi connectivity index (χ1) is 17.3. The zero-order valence-electron chi connectivity index (χ0n) is 21.5. The van der Waals surface area contributed by atoms with Crippen molar-refractivity contribution in [1.29, 1.82) is 0 Å². The molecular weight excluding hydrogens is 460 g/mol. The number of rotatable bonds is 4. The molecule has 196 valence electrons. The number of piperidine rings is 1. The molecule has 2 N–H and O–H groups in total. The number of hydrogen-bond donors (Lipinski definition) is 2. The number of cyclic esters (lactones) is 1. The summed E-state index contributed by atoms with van der Waals surface area (Å²) in [5.74, 6) is -0.950. The Morgan fingerprint density at radius 3 is 2.61 bits per heavy atom. The van der Waals surface area contributed by atoms with Crippen LogP contribution in [0.1, 0.15) is 74.4 Å². The van der Waals surface area contributed by atoms with Crippen molar-refractivity contribution in [3.63, 3.8) is 0 Å². The number of nitrogens with zero attached hydrogens (tertiary/aromatic N) is 2. The van der Waals surface area contributed by atoms with Crippen molar-refractivity contribution in [2.24, 2.45) is 11.1 Å². The van der Waals surface area contributed by atoms with Crippen molar-refractivity contribution in [2.45, 2.75) is 71.8 Å². The van der Waals surface area contributed by atoms with Crippen LogP contribution in [0.2, 0.25) is 0 Å². The summed E-state index contributed by atoms with van der Waals surface area (Å²) in [6.45, 7) is 7.05. The number of ether oxygens (including phenoxy) is 1. The fourth-order valence-corrected chi connectivity index (χ4v) is 4.56. The van der Waals surface area contributed by atoms with Gasteiger partial charge in [0.2, 0.25) is 0 Å². The van der Waals surface area contributed by atoms with Crippen molar-refractivity contribution in [1.82, 2.24) is 4.90 Å². The fourth-order valence-electron chi connectivity index (χ4n) is 4.56. The predicted molar refractivity (Wildman–Crippen MR) is 138 cm³/mol. The van der Waals surface area contributed by atoms with Crippen molar-refractivity contribution >= 4 is 17.6 Å². The minimum absolute atomic E-state index is 0.0106. The first-order valence-corrected chi connectivity index (χ1v) is 12.9. The number of aromatic hydroxyl groups is 2. The van der Waals surface area contributed by atoms with Crippen LogP contribution in [0.3, 0.4) is 0 Å². The van der Waals surface area contributed by atoms with E-state index in [1.165, 1.54) is 6.07 Å². The molecule has 2 aliphatic heterocycles. The number of oxime groups is 1. The van der Waals surface area contributed by atoms with Gasteiger partial charge in [0.15, 0.2) is 6.61 Å². The Labute approximate surface area is 213 Å². The van der Waals surface area contributed by atoms with E-state index in [4.69, 9.17) is 9.57 Å². The van der Waals surface area contributed by atoms with Gasteiger partial charge in [0, 0.05) is 32.0 Å². The van der Waals surface area contributed by atoms with Crippen LogP contribution in [0.5, 0.6) is 11.5 Å². The average Bonchev–Trinajstić information content (AvgIpc) is 2.83. The first-order valence-electron chi connectivity index (χ1n) is 12.9. The normalized spacial score (nSPS) is 24.4. The molecule has 1 fully saturated rings. The van der Waals surface area contributed by atoms with Gasteiger partial charge in [-0.05, 0) is 62.1 Å². The Morgan fingerprint density at radius 1 is 1.14 bits per heavy atom. The second kappa shape index (κ2) is 13.1. The highest BCUT2D eigenvalue weighted by Gasteiger charge is 2.26. The number of carbonyl (C=O) groups is 2. The molecule has 0 unspecified atom stereocenters. The Balaban J connectivity index is 1.95. The highest BCUT2D eigenvalue weighted by Crippen LogP contribution is 2.34. The van der Waals surface area contributed by atoms with E-state index in [1.807, 2.05) is 19.1 Å². The molecule has 0 spiro atoms. The molecule has 2 atom stereocenters. The van der Waals surface area contributed by atoms with E-state index in [1.54, 1.807) is 17.9 Å². The Morgan fingerprint density at radius 2 is 1.89 bits per heavy atom. The van der Waals surface area contributed by atoms with Gasteiger partial charge in [-0.2, -0.15) is 0 Å². The third-order valence-corrected chi connectivity index (χ3v) is 6.56. The van der Waals surface area contributed by atoms with E-state index in [9.17, 15) is 19.8 Å². The number of fused-ring (bicyclic) bond motifs is 1. The Hall–Kier alpha value is -3.29. The lowest BCUT2D eigenvalue weighted by atomic mass is 9.92. The van der Waals surface area contributed by atoms with E-state index in [0.717, 1.165) is 38.8 Å². The molecular formula is C28H38N2O6. The van der Waals surface area contributed by atoms with Crippen LogP contribution >= 0.6 is 0 Å². The predicted octanol–water partition coefficient (Wildman–Crippen LogP) is 4.68. The van der Waals surface area contributed by atoms with Gasteiger partial charge >= 0.3 is 5.97 Å². The smallest absolute Gasteiger partial charge is 0.342 e. The van der Waals surface area contributed by atoms with Crippen LogP contribution in [-0.4, -0.2) is 58.5 Å². The zero-order chi connectivity index (χ0) is 26.1. The van der Waals surface area contributed by atoms with E-state index < -0.39 is 5.97 Å². The van der Waals surface area contributed by atoms with Gasteiger partial charge in [0.25, 0.3) is 5.91 Å². The highest BCUT2D eigenvalue weighted by molar-refractivity contribution is 6.01. The lowest BCUT2D eigenvalue weighted by molar-refractivity contribution is -0.137. The number of amides is 1. The van der Waals surface area contributed by atoms with Crippen LogP contribution in [0.4, 0.5) is 0 Å². The largest absolute Gasteiger partial charge is 0.508 e. The highest BCUT2D eigenvalue weighted by atomic mass is 16.6. The number of phenolic OH excluding ortho intramolecular Hbond substituents is 2. The van der Waals surface area contributed by atoms with E-state index in [-0.39, 0.29) is 48.0 Å². The molecule has 2 aliphatic rings. The molecule has 0 aromatic heterocycles. The standard InChI is InChI=1S/C28H38N2O6/c1-4-22-23-16-21(29-35-18-26(33)30-14-6-5-7-15-30)13-9-11-19(2)10-8-12-20(3)36-28(34)27(23)25(32)17-24(22)31/h8-10,13,17,19-20,31-32H,4-7,11-12,14-16,18H2,1-3H3/b10-8+,13-9+,29-21?/t19-,20-/m1/s1. The molecule has 1 amide bonds. The summed E-state index contributed by atoms with van der Waals surface area (Å²) in [6, 6.07) is 1.18. The third kappa shape index (κ3) is 7.35.